The van der Waals surface area contributed by atoms with Crippen molar-refractivity contribution in [2.24, 2.45) is 0 Å². The Balaban J connectivity index is 1.89. The summed E-state index contributed by atoms with van der Waals surface area (Å²) in [6.07, 6.45) is 0. The molecule has 0 amide bonds. The highest BCUT2D eigenvalue weighted by Crippen LogP contribution is 2.16. The average Bonchev–Trinajstić information content (AvgIpc) is 2.48. The number of nitrogens with one attached hydrogen (secondary N) is 1. The van der Waals surface area contributed by atoms with Crippen molar-refractivity contribution in [2.45, 2.75) is 6.54 Å². The van der Waals surface area contributed by atoms with Crippen LogP contribution in [0.4, 0.5) is 0 Å². The quantitative estimate of drug-likeness (QED) is 0.823. The van der Waals surface area contributed by atoms with E-state index in [0.717, 1.165) is 15.8 Å². The fraction of sp³-hybridized carbons (Fsp3) is 0.188. The molecular weight excluding hydrogens is 318 g/mol. The summed E-state index contributed by atoms with van der Waals surface area (Å²) in [4.78, 5) is 12.0. The molecule has 2 rings (SSSR count). The molecule has 0 saturated heterocycles. The largest absolute Gasteiger partial charge is 0.496 e. The third-order valence-corrected chi connectivity index (χ3v) is 3.49. The molecule has 104 valence electrons. The van der Waals surface area contributed by atoms with Gasteiger partial charge in [0.1, 0.15) is 5.75 Å². The predicted molar refractivity (Wildman–Crippen MR) is 83.2 cm³/mol. The van der Waals surface area contributed by atoms with Crippen molar-refractivity contribution >= 4 is 21.7 Å². The minimum absolute atomic E-state index is 0.0763. The number of para-hydroxylation sites is 1. The summed E-state index contributed by atoms with van der Waals surface area (Å²) in [5, 5.41) is 3.15. The molecule has 0 radical (unpaired) electrons. The number of ether oxygens (including phenoxy) is 1. The van der Waals surface area contributed by atoms with Crippen molar-refractivity contribution in [3.05, 3.63) is 64.1 Å². The Morgan fingerprint density at radius 3 is 2.55 bits per heavy atom. The number of halogens is 1. The summed E-state index contributed by atoms with van der Waals surface area (Å²) in [7, 11) is 1.64. The first kappa shape index (κ1) is 14.8. The van der Waals surface area contributed by atoms with E-state index in [4.69, 9.17) is 4.74 Å². The molecule has 3 nitrogen and oxygen atoms in total. The molecule has 4 heteroatoms. The van der Waals surface area contributed by atoms with E-state index in [1.165, 1.54) is 0 Å². The van der Waals surface area contributed by atoms with Gasteiger partial charge in [-0.1, -0.05) is 46.3 Å². The van der Waals surface area contributed by atoms with Crippen molar-refractivity contribution < 1.29 is 9.53 Å². The monoisotopic (exact) mass is 333 g/mol. The maximum atomic E-state index is 12.0. The number of carbonyl (C=O) groups excluding carboxylic acids is 1. The van der Waals surface area contributed by atoms with E-state index in [-0.39, 0.29) is 5.78 Å². The van der Waals surface area contributed by atoms with Crippen molar-refractivity contribution in [2.75, 3.05) is 13.7 Å². The molecule has 0 spiro atoms. The Morgan fingerprint density at radius 1 is 1.15 bits per heavy atom. The van der Waals surface area contributed by atoms with Gasteiger partial charge in [0.2, 0.25) is 0 Å². The number of methoxy groups -OCH3 is 1. The molecule has 2 aromatic rings. The van der Waals surface area contributed by atoms with Gasteiger partial charge in [0, 0.05) is 22.1 Å². The van der Waals surface area contributed by atoms with Gasteiger partial charge >= 0.3 is 0 Å². The number of ketones is 1. The van der Waals surface area contributed by atoms with Crippen molar-refractivity contribution in [1.29, 1.82) is 0 Å². The molecular formula is C16H16BrNO2. The van der Waals surface area contributed by atoms with Gasteiger partial charge in [-0.2, -0.15) is 0 Å². The Bertz CT molecular complexity index is 581. The van der Waals surface area contributed by atoms with Crippen LogP contribution in [0.1, 0.15) is 15.9 Å². The van der Waals surface area contributed by atoms with Crippen LogP contribution in [0.15, 0.2) is 53.0 Å². The first-order valence-corrected chi connectivity index (χ1v) is 7.11. The number of hydrogen-bond donors (Lipinski definition) is 1. The maximum Gasteiger partial charge on any atom is 0.176 e. The van der Waals surface area contributed by atoms with Crippen LogP contribution in [0.5, 0.6) is 5.75 Å². The van der Waals surface area contributed by atoms with Crippen LogP contribution in [0.3, 0.4) is 0 Å². The summed E-state index contributed by atoms with van der Waals surface area (Å²) < 4.78 is 6.24. The fourth-order valence-corrected chi connectivity index (χ4v) is 2.16. The van der Waals surface area contributed by atoms with Gasteiger partial charge in [-0.15, -0.1) is 0 Å². The third-order valence-electron chi connectivity index (χ3n) is 2.96. The van der Waals surface area contributed by atoms with Gasteiger partial charge in [-0.25, -0.2) is 0 Å². The van der Waals surface area contributed by atoms with E-state index in [2.05, 4.69) is 21.2 Å². The lowest BCUT2D eigenvalue weighted by Crippen LogP contribution is -2.22. The van der Waals surface area contributed by atoms with Gasteiger partial charge in [0.25, 0.3) is 0 Å². The zero-order valence-corrected chi connectivity index (χ0v) is 12.8. The zero-order valence-electron chi connectivity index (χ0n) is 11.2. The third kappa shape index (κ3) is 3.92. The van der Waals surface area contributed by atoms with E-state index >= 15 is 0 Å². The number of hydrogen-bond acceptors (Lipinski definition) is 3. The second-order valence-corrected chi connectivity index (χ2v) is 5.26. The number of carbonyl (C=O) groups is 1. The summed E-state index contributed by atoms with van der Waals surface area (Å²) in [6.45, 7) is 0.909. The van der Waals surface area contributed by atoms with E-state index in [9.17, 15) is 4.79 Å². The van der Waals surface area contributed by atoms with Crippen LogP contribution in [0, 0.1) is 0 Å². The van der Waals surface area contributed by atoms with E-state index in [1.807, 2.05) is 48.5 Å². The van der Waals surface area contributed by atoms with Crippen LogP contribution in [-0.4, -0.2) is 19.4 Å². The first-order chi connectivity index (χ1) is 9.70. The van der Waals surface area contributed by atoms with Gasteiger partial charge in [-0.3, -0.25) is 4.79 Å². The van der Waals surface area contributed by atoms with Crippen LogP contribution in [0.25, 0.3) is 0 Å². The zero-order chi connectivity index (χ0) is 14.4. The smallest absolute Gasteiger partial charge is 0.176 e. The lowest BCUT2D eigenvalue weighted by molar-refractivity contribution is 0.0990. The summed E-state index contributed by atoms with van der Waals surface area (Å²) in [6, 6.07) is 15.1. The van der Waals surface area contributed by atoms with Gasteiger partial charge < -0.3 is 10.1 Å². The molecule has 0 saturated carbocycles. The lowest BCUT2D eigenvalue weighted by atomic mass is 10.1. The minimum atomic E-state index is 0.0763. The summed E-state index contributed by atoms with van der Waals surface area (Å²) >= 11 is 3.35. The maximum absolute atomic E-state index is 12.0. The van der Waals surface area contributed by atoms with E-state index in [1.54, 1.807) is 7.11 Å². The van der Waals surface area contributed by atoms with Crippen molar-refractivity contribution in [3.8, 4) is 5.75 Å². The van der Waals surface area contributed by atoms with Gasteiger partial charge in [0.15, 0.2) is 5.78 Å². The topological polar surface area (TPSA) is 38.3 Å². The minimum Gasteiger partial charge on any atom is -0.496 e. The normalized spacial score (nSPS) is 10.3. The van der Waals surface area contributed by atoms with Crippen molar-refractivity contribution in [1.82, 2.24) is 5.32 Å². The van der Waals surface area contributed by atoms with E-state index < -0.39 is 0 Å². The Labute approximate surface area is 127 Å². The predicted octanol–water partition coefficient (Wildman–Crippen LogP) is 3.43. The Kier molecular flexibility index (Phi) is 5.32. The average molecular weight is 334 g/mol. The summed E-state index contributed by atoms with van der Waals surface area (Å²) in [5.41, 5.74) is 1.75. The molecule has 0 aliphatic carbocycles. The molecule has 1 N–H and O–H groups in total. The van der Waals surface area contributed by atoms with Gasteiger partial charge in [0.05, 0.1) is 13.7 Å². The number of benzene rings is 2. The fourth-order valence-electron chi connectivity index (χ4n) is 1.90. The number of rotatable bonds is 6. The molecule has 2 aromatic carbocycles. The molecule has 0 unspecified atom stereocenters. The van der Waals surface area contributed by atoms with Crippen LogP contribution >= 0.6 is 15.9 Å². The molecule has 0 bridgehead atoms. The molecule has 0 fully saturated rings. The van der Waals surface area contributed by atoms with Crippen LogP contribution < -0.4 is 10.1 Å². The van der Waals surface area contributed by atoms with E-state index in [0.29, 0.717) is 18.7 Å². The van der Waals surface area contributed by atoms with Crippen molar-refractivity contribution in [3.63, 3.8) is 0 Å². The highest BCUT2D eigenvalue weighted by Gasteiger charge is 2.06. The molecule has 0 atom stereocenters. The summed E-state index contributed by atoms with van der Waals surface area (Å²) in [5.74, 6) is 0.906. The van der Waals surface area contributed by atoms with Crippen LogP contribution in [0.2, 0.25) is 0 Å². The van der Waals surface area contributed by atoms with Gasteiger partial charge in [-0.05, 0) is 18.2 Å². The Morgan fingerprint density at radius 2 is 1.85 bits per heavy atom. The second kappa shape index (κ2) is 7.22. The Hall–Kier alpha value is -1.65. The molecule has 0 aliphatic heterocycles. The molecule has 0 aromatic heterocycles. The standard InChI is InChI=1S/C16H16BrNO2/c1-20-16-5-3-2-4-13(16)10-18-11-15(19)12-6-8-14(17)9-7-12/h2-9,18H,10-11H2,1H3. The van der Waals surface area contributed by atoms with Crippen LogP contribution in [-0.2, 0) is 6.54 Å². The molecule has 0 heterocycles. The number of Topliss-reactive ketones (excluding diaryl/α,β-unsaturated/α-hetero) is 1. The highest BCUT2D eigenvalue weighted by molar-refractivity contribution is 9.10. The highest BCUT2D eigenvalue weighted by atomic mass is 79.9. The lowest BCUT2D eigenvalue weighted by Gasteiger charge is -2.09. The second-order valence-electron chi connectivity index (χ2n) is 4.35. The molecule has 0 aliphatic rings. The molecule has 20 heavy (non-hydrogen) atoms. The SMILES string of the molecule is COc1ccccc1CNCC(=O)c1ccc(Br)cc1. The first-order valence-electron chi connectivity index (χ1n) is 6.32.